The van der Waals surface area contributed by atoms with Crippen molar-refractivity contribution in [1.82, 2.24) is 4.98 Å². The Labute approximate surface area is 103 Å². The second-order valence-corrected chi connectivity index (χ2v) is 5.06. The van der Waals surface area contributed by atoms with E-state index in [1.165, 1.54) is 0 Å². The molecule has 0 bridgehead atoms. The van der Waals surface area contributed by atoms with Crippen LogP contribution >= 0.6 is 23.1 Å². The topological polar surface area (TPSA) is 36.7 Å². The summed E-state index contributed by atoms with van der Waals surface area (Å²) in [5.41, 5.74) is 2.75. The van der Waals surface area contributed by atoms with Crippen molar-refractivity contribution in [2.45, 2.75) is 5.75 Å². The van der Waals surface area contributed by atoms with Crippen molar-refractivity contribution >= 4 is 23.1 Å². The van der Waals surface area contributed by atoms with Crippen LogP contribution in [0, 0.1) is 11.3 Å². The Kier molecular flexibility index (Phi) is 3.60. The average Bonchev–Trinajstić information content (AvgIpc) is 2.78. The highest BCUT2D eigenvalue weighted by molar-refractivity contribution is 7.97. The number of thioether (sulfide) groups is 1. The lowest BCUT2D eigenvalue weighted by Gasteiger charge is -1.95. The minimum Gasteiger partial charge on any atom is -0.240 e. The average molecular weight is 246 g/mol. The summed E-state index contributed by atoms with van der Waals surface area (Å²) in [7, 11) is 0. The van der Waals surface area contributed by atoms with E-state index in [0.29, 0.717) is 5.56 Å². The summed E-state index contributed by atoms with van der Waals surface area (Å²) in [6.45, 7) is 0. The molecule has 1 heterocycles. The Balaban J connectivity index is 2.25. The molecular formula is C12H10N2S2. The molecule has 0 spiro atoms. The highest BCUT2D eigenvalue weighted by Crippen LogP contribution is 2.23. The van der Waals surface area contributed by atoms with Crippen LogP contribution in [0.3, 0.4) is 0 Å². The van der Waals surface area contributed by atoms with Crippen molar-refractivity contribution in [3.05, 3.63) is 40.2 Å². The molecule has 1 aromatic carbocycles. The van der Waals surface area contributed by atoms with Gasteiger partial charge in [0.1, 0.15) is 5.01 Å². The van der Waals surface area contributed by atoms with Crippen molar-refractivity contribution in [2.75, 3.05) is 6.26 Å². The zero-order chi connectivity index (χ0) is 11.4. The van der Waals surface area contributed by atoms with Crippen LogP contribution in [0.5, 0.6) is 0 Å². The highest BCUT2D eigenvalue weighted by atomic mass is 32.2. The molecule has 0 atom stereocenters. The number of nitrogens with zero attached hydrogens (tertiary/aromatic N) is 2. The molecule has 0 unspecified atom stereocenters. The molecule has 0 fully saturated rings. The number of hydrogen-bond donors (Lipinski definition) is 0. The standard InChI is InChI=1S/C12H10N2S2/c1-15-8-12-14-11(7-16-12)10-4-2-9(6-13)3-5-10/h2-5,7H,8H2,1H3. The number of rotatable bonds is 3. The first-order valence-corrected chi connectivity index (χ1v) is 7.04. The zero-order valence-electron chi connectivity index (χ0n) is 8.80. The first kappa shape index (κ1) is 11.2. The Morgan fingerprint density at radius 1 is 1.38 bits per heavy atom. The molecule has 0 radical (unpaired) electrons. The maximum Gasteiger partial charge on any atom is 0.103 e. The fourth-order valence-electron chi connectivity index (χ4n) is 1.35. The molecule has 0 aliphatic carbocycles. The van der Waals surface area contributed by atoms with E-state index in [0.717, 1.165) is 22.0 Å². The number of aromatic nitrogens is 1. The minimum atomic E-state index is 0.684. The lowest BCUT2D eigenvalue weighted by Crippen LogP contribution is -1.81. The van der Waals surface area contributed by atoms with Crippen molar-refractivity contribution < 1.29 is 0 Å². The van der Waals surface area contributed by atoms with Gasteiger partial charge in [0.2, 0.25) is 0 Å². The first-order chi connectivity index (χ1) is 7.83. The Bertz CT molecular complexity index is 509. The van der Waals surface area contributed by atoms with Gasteiger partial charge in [-0.15, -0.1) is 11.3 Å². The smallest absolute Gasteiger partial charge is 0.103 e. The second-order valence-electron chi connectivity index (χ2n) is 3.25. The molecule has 0 aliphatic rings. The van der Waals surface area contributed by atoms with E-state index in [1.54, 1.807) is 23.1 Å². The Hall–Kier alpha value is -1.31. The van der Waals surface area contributed by atoms with Crippen molar-refractivity contribution in [3.63, 3.8) is 0 Å². The van der Waals surface area contributed by atoms with Gasteiger partial charge in [0.15, 0.2) is 0 Å². The minimum absolute atomic E-state index is 0.684. The fourth-order valence-corrected chi connectivity index (χ4v) is 2.87. The molecule has 0 aliphatic heterocycles. The molecular weight excluding hydrogens is 236 g/mol. The van der Waals surface area contributed by atoms with Gasteiger partial charge in [-0.3, -0.25) is 0 Å². The molecule has 0 N–H and O–H groups in total. The van der Waals surface area contributed by atoms with Crippen LogP contribution in [-0.4, -0.2) is 11.2 Å². The third kappa shape index (κ3) is 2.43. The summed E-state index contributed by atoms with van der Waals surface area (Å²) in [6, 6.07) is 9.64. The maximum absolute atomic E-state index is 8.71. The second kappa shape index (κ2) is 5.15. The van der Waals surface area contributed by atoms with Crippen LogP contribution < -0.4 is 0 Å². The van der Waals surface area contributed by atoms with Crippen molar-refractivity contribution in [3.8, 4) is 17.3 Å². The van der Waals surface area contributed by atoms with Gasteiger partial charge in [0.05, 0.1) is 17.3 Å². The Morgan fingerprint density at radius 2 is 2.12 bits per heavy atom. The monoisotopic (exact) mass is 246 g/mol. The number of benzene rings is 1. The predicted octanol–water partition coefficient (Wildman–Crippen LogP) is 3.54. The zero-order valence-corrected chi connectivity index (χ0v) is 10.4. The lowest BCUT2D eigenvalue weighted by molar-refractivity contribution is 1.27. The number of hydrogen-bond acceptors (Lipinski definition) is 4. The first-order valence-electron chi connectivity index (χ1n) is 4.77. The third-order valence-electron chi connectivity index (χ3n) is 2.13. The molecule has 0 saturated heterocycles. The van der Waals surface area contributed by atoms with Gasteiger partial charge in [-0.2, -0.15) is 17.0 Å². The van der Waals surface area contributed by atoms with Gasteiger partial charge in [0, 0.05) is 16.7 Å². The molecule has 0 amide bonds. The summed E-state index contributed by atoms with van der Waals surface area (Å²) in [5, 5.41) is 11.9. The van der Waals surface area contributed by atoms with Crippen molar-refractivity contribution in [2.24, 2.45) is 0 Å². The quantitative estimate of drug-likeness (QED) is 0.831. The van der Waals surface area contributed by atoms with Gasteiger partial charge in [-0.05, 0) is 18.4 Å². The largest absolute Gasteiger partial charge is 0.240 e. The Morgan fingerprint density at radius 3 is 2.75 bits per heavy atom. The van der Waals surface area contributed by atoms with Gasteiger partial charge in [-0.25, -0.2) is 4.98 Å². The van der Waals surface area contributed by atoms with Crippen LogP contribution in [0.4, 0.5) is 0 Å². The van der Waals surface area contributed by atoms with E-state index in [4.69, 9.17) is 5.26 Å². The SMILES string of the molecule is CSCc1nc(-c2ccc(C#N)cc2)cs1. The maximum atomic E-state index is 8.71. The van der Waals surface area contributed by atoms with Crippen LogP contribution in [0.15, 0.2) is 29.6 Å². The molecule has 1 aromatic heterocycles. The lowest BCUT2D eigenvalue weighted by atomic mass is 10.1. The van der Waals surface area contributed by atoms with Crippen LogP contribution in [0.2, 0.25) is 0 Å². The fraction of sp³-hybridized carbons (Fsp3) is 0.167. The van der Waals surface area contributed by atoms with Gasteiger partial charge < -0.3 is 0 Å². The van der Waals surface area contributed by atoms with Crippen molar-refractivity contribution in [1.29, 1.82) is 5.26 Å². The molecule has 2 rings (SSSR count). The molecule has 4 heteroatoms. The highest BCUT2D eigenvalue weighted by Gasteiger charge is 2.03. The third-order valence-corrected chi connectivity index (χ3v) is 3.72. The molecule has 0 saturated carbocycles. The molecule has 80 valence electrons. The van der Waals surface area contributed by atoms with Crippen LogP contribution in [0.25, 0.3) is 11.3 Å². The summed E-state index contributed by atoms with van der Waals surface area (Å²) in [5.74, 6) is 0.959. The van der Waals surface area contributed by atoms with E-state index in [-0.39, 0.29) is 0 Å². The van der Waals surface area contributed by atoms with Gasteiger partial charge >= 0.3 is 0 Å². The number of thiazole rings is 1. The molecule has 2 nitrogen and oxygen atoms in total. The van der Waals surface area contributed by atoms with Gasteiger partial charge in [-0.1, -0.05) is 12.1 Å². The summed E-state index contributed by atoms with van der Waals surface area (Å²) in [4.78, 5) is 4.54. The van der Waals surface area contributed by atoms with E-state index in [9.17, 15) is 0 Å². The normalized spacial score (nSPS) is 10.0. The van der Waals surface area contributed by atoms with Gasteiger partial charge in [0.25, 0.3) is 0 Å². The number of nitriles is 1. The van der Waals surface area contributed by atoms with E-state index in [1.807, 2.05) is 24.3 Å². The summed E-state index contributed by atoms with van der Waals surface area (Å²) < 4.78 is 0. The van der Waals surface area contributed by atoms with E-state index in [2.05, 4.69) is 22.7 Å². The molecule has 2 aromatic rings. The van der Waals surface area contributed by atoms with Crippen LogP contribution in [-0.2, 0) is 5.75 Å². The van der Waals surface area contributed by atoms with Crippen LogP contribution in [0.1, 0.15) is 10.6 Å². The van der Waals surface area contributed by atoms with E-state index >= 15 is 0 Å². The predicted molar refractivity (Wildman–Crippen MR) is 69.5 cm³/mol. The summed E-state index contributed by atoms with van der Waals surface area (Å²) in [6.07, 6.45) is 2.07. The molecule has 16 heavy (non-hydrogen) atoms. The van der Waals surface area contributed by atoms with E-state index < -0.39 is 0 Å². The summed E-state index contributed by atoms with van der Waals surface area (Å²) >= 11 is 3.46.